The Balaban J connectivity index is 2.53. The lowest BCUT2D eigenvalue weighted by Crippen LogP contribution is -1.95. The molecule has 0 atom stereocenters. The second kappa shape index (κ2) is 4.16. The van der Waals surface area contributed by atoms with Crippen LogP contribution in [0.15, 0.2) is 35.3 Å². The molecule has 0 aromatic heterocycles. The molecule has 0 radical (unpaired) electrons. The highest BCUT2D eigenvalue weighted by Crippen LogP contribution is 2.14. The van der Waals surface area contributed by atoms with Crippen LogP contribution in [0.1, 0.15) is 0 Å². The van der Waals surface area contributed by atoms with Crippen molar-refractivity contribution < 1.29 is 4.74 Å². The number of hydrogen-bond acceptors (Lipinski definition) is 2. The summed E-state index contributed by atoms with van der Waals surface area (Å²) >= 11 is 3.20. The van der Waals surface area contributed by atoms with Crippen LogP contribution in [0.4, 0.5) is 5.69 Å². The van der Waals surface area contributed by atoms with Crippen LogP contribution >= 0.6 is 15.9 Å². The van der Waals surface area contributed by atoms with Crippen LogP contribution in [0.3, 0.4) is 0 Å². The molecular weight excluding hydrogens is 218 g/mol. The Hall–Kier alpha value is -0.960. The summed E-state index contributed by atoms with van der Waals surface area (Å²) < 4.78 is 6.14. The van der Waals surface area contributed by atoms with E-state index in [1.165, 1.54) is 0 Å². The van der Waals surface area contributed by atoms with Crippen molar-refractivity contribution in [1.29, 1.82) is 0 Å². The average Bonchev–Trinajstić information content (AvgIpc) is 2.03. The van der Waals surface area contributed by atoms with Gasteiger partial charge in [0.05, 0.1) is 0 Å². The molecule has 0 bridgehead atoms. The van der Waals surface area contributed by atoms with Crippen LogP contribution in [0.25, 0.3) is 0 Å². The van der Waals surface area contributed by atoms with Crippen LogP contribution in [0.5, 0.6) is 5.75 Å². The fourth-order valence-electron chi connectivity index (χ4n) is 0.726. The number of rotatable bonds is 3. The minimum atomic E-state index is 0.476. The van der Waals surface area contributed by atoms with E-state index in [9.17, 15) is 0 Å². The van der Waals surface area contributed by atoms with Crippen molar-refractivity contribution in [3.05, 3.63) is 35.3 Å². The van der Waals surface area contributed by atoms with Crippen molar-refractivity contribution >= 4 is 21.6 Å². The monoisotopic (exact) mass is 227 g/mol. The number of ether oxygens (including phenoxy) is 1. The third-order valence-corrected chi connectivity index (χ3v) is 1.50. The normalized spacial score (nSPS) is 9.42. The molecule has 0 fully saturated rings. The summed E-state index contributed by atoms with van der Waals surface area (Å²) in [7, 11) is 0. The maximum absolute atomic E-state index is 5.50. The second-order valence-electron chi connectivity index (χ2n) is 2.37. The van der Waals surface area contributed by atoms with Gasteiger partial charge < -0.3 is 10.5 Å². The van der Waals surface area contributed by atoms with Gasteiger partial charge in [0.25, 0.3) is 0 Å². The summed E-state index contributed by atoms with van der Waals surface area (Å²) in [4.78, 5) is 0. The average molecular weight is 228 g/mol. The molecule has 1 aromatic carbocycles. The Labute approximate surface area is 80.2 Å². The Morgan fingerprint density at radius 3 is 2.50 bits per heavy atom. The van der Waals surface area contributed by atoms with Gasteiger partial charge in [0.15, 0.2) is 0 Å². The van der Waals surface area contributed by atoms with E-state index in [1.807, 2.05) is 12.1 Å². The minimum Gasteiger partial charge on any atom is -0.488 e. The molecule has 0 unspecified atom stereocenters. The van der Waals surface area contributed by atoms with E-state index < -0.39 is 0 Å². The summed E-state index contributed by atoms with van der Waals surface area (Å²) in [6, 6.07) is 7.25. The number of halogens is 1. The maximum Gasteiger partial charge on any atom is 0.119 e. The van der Waals surface area contributed by atoms with Crippen molar-refractivity contribution in [3.63, 3.8) is 0 Å². The van der Waals surface area contributed by atoms with Crippen molar-refractivity contribution in [2.24, 2.45) is 0 Å². The molecule has 0 saturated carbocycles. The van der Waals surface area contributed by atoms with Gasteiger partial charge in [0.1, 0.15) is 12.4 Å². The first-order chi connectivity index (χ1) is 5.68. The zero-order valence-electron chi connectivity index (χ0n) is 6.59. The molecule has 0 saturated heterocycles. The largest absolute Gasteiger partial charge is 0.488 e. The summed E-state index contributed by atoms with van der Waals surface area (Å²) in [6.45, 7) is 4.13. The Bertz CT molecular complexity index is 268. The summed E-state index contributed by atoms with van der Waals surface area (Å²) in [6.07, 6.45) is 0. The number of nitrogens with two attached hydrogens (primary N) is 1. The lowest BCUT2D eigenvalue weighted by Gasteiger charge is -2.04. The van der Waals surface area contributed by atoms with Gasteiger partial charge in [0.2, 0.25) is 0 Å². The first-order valence-electron chi connectivity index (χ1n) is 3.50. The van der Waals surface area contributed by atoms with Gasteiger partial charge in [-0.15, -0.1) is 0 Å². The van der Waals surface area contributed by atoms with Gasteiger partial charge in [0, 0.05) is 10.2 Å². The van der Waals surface area contributed by atoms with E-state index in [0.717, 1.165) is 15.9 Å². The van der Waals surface area contributed by atoms with E-state index >= 15 is 0 Å². The fourth-order valence-corrected chi connectivity index (χ4v) is 0.840. The molecule has 0 heterocycles. The van der Waals surface area contributed by atoms with Gasteiger partial charge >= 0.3 is 0 Å². The first kappa shape index (κ1) is 9.13. The Kier molecular flexibility index (Phi) is 3.17. The van der Waals surface area contributed by atoms with Gasteiger partial charge in [-0.25, -0.2) is 0 Å². The highest BCUT2D eigenvalue weighted by molar-refractivity contribution is 9.11. The predicted molar refractivity (Wildman–Crippen MR) is 54.4 cm³/mol. The molecule has 3 heteroatoms. The van der Waals surface area contributed by atoms with E-state index in [-0.39, 0.29) is 0 Å². The SMILES string of the molecule is C=C(Br)COc1ccc(N)cc1. The molecule has 0 aliphatic carbocycles. The molecule has 0 spiro atoms. The van der Waals surface area contributed by atoms with Crippen molar-refractivity contribution in [2.75, 3.05) is 12.3 Å². The van der Waals surface area contributed by atoms with Gasteiger partial charge in [-0.3, -0.25) is 0 Å². The number of nitrogen functional groups attached to an aromatic ring is 1. The summed E-state index contributed by atoms with van der Waals surface area (Å²) in [5.41, 5.74) is 6.24. The molecule has 2 N–H and O–H groups in total. The lowest BCUT2D eigenvalue weighted by atomic mass is 10.3. The predicted octanol–water partition coefficient (Wildman–Crippen LogP) is 2.56. The molecule has 0 amide bonds. The minimum absolute atomic E-state index is 0.476. The molecule has 2 nitrogen and oxygen atoms in total. The highest BCUT2D eigenvalue weighted by atomic mass is 79.9. The van der Waals surface area contributed by atoms with Crippen LogP contribution in [0.2, 0.25) is 0 Å². The topological polar surface area (TPSA) is 35.2 Å². The van der Waals surface area contributed by atoms with Gasteiger partial charge in [-0.1, -0.05) is 22.5 Å². The molecule has 1 rings (SSSR count). The number of anilines is 1. The standard InChI is InChI=1S/C9H10BrNO/c1-7(10)6-12-9-4-2-8(11)3-5-9/h2-5H,1,6,11H2. The van der Waals surface area contributed by atoms with E-state index in [4.69, 9.17) is 10.5 Å². The van der Waals surface area contributed by atoms with Crippen LogP contribution in [-0.4, -0.2) is 6.61 Å². The Morgan fingerprint density at radius 2 is 2.00 bits per heavy atom. The third-order valence-electron chi connectivity index (χ3n) is 1.28. The van der Waals surface area contributed by atoms with Crippen molar-refractivity contribution in [1.82, 2.24) is 0 Å². The fraction of sp³-hybridized carbons (Fsp3) is 0.111. The van der Waals surface area contributed by atoms with Crippen molar-refractivity contribution in [3.8, 4) is 5.75 Å². The molecule has 0 aliphatic rings. The third kappa shape index (κ3) is 2.96. The van der Waals surface area contributed by atoms with E-state index in [1.54, 1.807) is 12.1 Å². The molecule has 0 aliphatic heterocycles. The van der Waals surface area contributed by atoms with E-state index in [0.29, 0.717) is 6.61 Å². The van der Waals surface area contributed by atoms with E-state index in [2.05, 4.69) is 22.5 Å². The highest BCUT2D eigenvalue weighted by Gasteiger charge is 1.92. The molecule has 12 heavy (non-hydrogen) atoms. The number of benzene rings is 1. The van der Waals surface area contributed by atoms with Crippen LogP contribution < -0.4 is 10.5 Å². The zero-order valence-corrected chi connectivity index (χ0v) is 8.17. The van der Waals surface area contributed by atoms with Gasteiger partial charge in [-0.05, 0) is 24.3 Å². The van der Waals surface area contributed by atoms with Crippen molar-refractivity contribution in [2.45, 2.75) is 0 Å². The van der Waals surface area contributed by atoms with Crippen LogP contribution in [-0.2, 0) is 0 Å². The maximum atomic E-state index is 5.50. The zero-order chi connectivity index (χ0) is 8.97. The second-order valence-corrected chi connectivity index (χ2v) is 3.50. The smallest absolute Gasteiger partial charge is 0.119 e. The summed E-state index contributed by atoms with van der Waals surface area (Å²) in [5.74, 6) is 0.796. The number of hydrogen-bond donors (Lipinski definition) is 1. The van der Waals surface area contributed by atoms with Gasteiger partial charge in [-0.2, -0.15) is 0 Å². The first-order valence-corrected chi connectivity index (χ1v) is 4.29. The van der Waals surface area contributed by atoms with Crippen LogP contribution in [0, 0.1) is 0 Å². The molecular formula is C9H10BrNO. The Morgan fingerprint density at radius 1 is 1.42 bits per heavy atom. The molecule has 64 valence electrons. The summed E-state index contributed by atoms with van der Waals surface area (Å²) in [5, 5.41) is 0. The molecule has 1 aromatic rings. The quantitative estimate of drug-likeness (QED) is 0.807. The lowest BCUT2D eigenvalue weighted by molar-refractivity contribution is 0.361.